The summed E-state index contributed by atoms with van der Waals surface area (Å²) in [6.07, 6.45) is 0.956. The number of hydrogen-bond acceptors (Lipinski definition) is 2. The van der Waals surface area contributed by atoms with Gasteiger partial charge < -0.3 is 10.0 Å². The van der Waals surface area contributed by atoms with E-state index in [0.717, 1.165) is 0 Å². The highest BCUT2D eigenvalue weighted by molar-refractivity contribution is 14.1. The molecule has 0 aromatic heterocycles. The first-order valence-electron chi connectivity index (χ1n) is 6.06. The number of carbonyl (C=O) groups is 2. The summed E-state index contributed by atoms with van der Waals surface area (Å²) < 4.78 is 0.666. The predicted octanol–water partition coefficient (Wildman–Crippen LogP) is 3.53. The molecule has 1 saturated heterocycles. The Labute approximate surface area is 140 Å². The Kier molecular flexibility index (Phi) is 5.14. The maximum atomic E-state index is 12.5. The molecule has 2 rings (SSSR count). The first kappa shape index (κ1) is 15.9. The predicted molar refractivity (Wildman–Crippen MR) is 85.4 cm³/mol. The molecule has 1 aromatic rings. The Morgan fingerprint density at radius 1 is 1.25 bits per heavy atom. The van der Waals surface area contributed by atoms with E-state index in [1.54, 1.807) is 17.0 Å². The Morgan fingerprint density at radius 2 is 1.85 bits per heavy atom. The SMILES string of the molecule is O=C(O)C1CCN(C(=O)c2cc(Cl)cc(Cl)c2I)CC1. The van der Waals surface area contributed by atoms with Crippen LogP contribution in [0.1, 0.15) is 23.2 Å². The van der Waals surface area contributed by atoms with Gasteiger partial charge in [0.15, 0.2) is 0 Å². The van der Waals surface area contributed by atoms with E-state index in [-0.39, 0.29) is 11.8 Å². The van der Waals surface area contributed by atoms with Crippen LogP contribution in [0.5, 0.6) is 0 Å². The molecule has 0 saturated carbocycles. The molecule has 0 atom stereocenters. The van der Waals surface area contributed by atoms with Gasteiger partial charge in [0.1, 0.15) is 0 Å². The number of nitrogens with zero attached hydrogens (tertiary/aromatic N) is 1. The van der Waals surface area contributed by atoms with Crippen LogP contribution in [0.3, 0.4) is 0 Å². The number of amides is 1. The first-order valence-corrected chi connectivity index (χ1v) is 7.90. The van der Waals surface area contributed by atoms with Crippen molar-refractivity contribution in [3.63, 3.8) is 0 Å². The normalized spacial score (nSPS) is 16.2. The molecule has 0 unspecified atom stereocenters. The average molecular weight is 428 g/mol. The Hall–Kier alpha value is -0.530. The van der Waals surface area contributed by atoms with Gasteiger partial charge in [-0.3, -0.25) is 9.59 Å². The summed E-state index contributed by atoms with van der Waals surface area (Å²) in [4.78, 5) is 25.0. The largest absolute Gasteiger partial charge is 0.481 e. The summed E-state index contributed by atoms with van der Waals surface area (Å²) in [5.41, 5.74) is 0.469. The van der Waals surface area contributed by atoms with E-state index in [0.29, 0.717) is 45.1 Å². The smallest absolute Gasteiger partial charge is 0.306 e. The number of carbonyl (C=O) groups excluding carboxylic acids is 1. The summed E-state index contributed by atoms with van der Waals surface area (Å²) in [6, 6.07) is 3.19. The quantitative estimate of drug-likeness (QED) is 0.580. The van der Waals surface area contributed by atoms with Gasteiger partial charge in [-0.05, 0) is 47.6 Å². The van der Waals surface area contributed by atoms with Crippen LogP contribution in [0, 0.1) is 9.49 Å². The van der Waals surface area contributed by atoms with Crippen molar-refractivity contribution in [1.29, 1.82) is 0 Å². The molecule has 1 heterocycles. The number of aliphatic carboxylic acids is 1. The molecule has 1 aliphatic rings. The van der Waals surface area contributed by atoms with Gasteiger partial charge in [-0.15, -0.1) is 0 Å². The standard InChI is InChI=1S/C13H12Cl2INO3/c14-8-5-9(11(16)10(15)6-8)12(18)17-3-1-7(2-4-17)13(19)20/h5-7H,1-4H2,(H,19,20). The van der Waals surface area contributed by atoms with Gasteiger partial charge in [-0.25, -0.2) is 0 Å². The minimum atomic E-state index is -0.794. The van der Waals surface area contributed by atoms with Crippen molar-refractivity contribution in [1.82, 2.24) is 4.90 Å². The molecule has 7 heteroatoms. The number of carboxylic acid groups (broad SMARTS) is 1. The molecule has 0 aliphatic carbocycles. The fraction of sp³-hybridized carbons (Fsp3) is 0.385. The van der Waals surface area contributed by atoms with E-state index in [4.69, 9.17) is 28.3 Å². The molecule has 4 nitrogen and oxygen atoms in total. The zero-order valence-electron chi connectivity index (χ0n) is 10.4. The molecule has 1 aromatic carbocycles. The van der Waals surface area contributed by atoms with Crippen molar-refractivity contribution in [3.8, 4) is 0 Å². The minimum Gasteiger partial charge on any atom is -0.481 e. The second-order valence-corrected chi connectivity index (χ2v) is 6.58. The number of benzene rings is 1. The molecule has 20 heavy (non-hydrogen) atoms. The summed E-state index contributed by atoms with van der Waals surface area (Å²) in [5.74, 6) is -1.30. The van der Waals surface area contributed by atoms with E-state index in [1.807, 2.05) is 22.6 Å². The van der Waals surface area contributed by atoms with Crippen molar-refractivity contribution in [2.75, 3.05) is 13.1 Å². The minimum absolute atomic E-state index is 0.150. The lowest BCUT2D eigenvalue weighted by atomic mass is 9.96. The lowest BCUT2D eigenvalue weighted by Gasteiger charge is -2.30. The maximum absolute atomic E-state index is 12.5. The van der Waals surface area contributed by atoms with Crippen molar-refractivity contribution >= 4 is 57.7 Å². The molecule has 108 valence electrons. The van der Waals surface area contributed by atoms with Crippen LogP contribution in [0.15, 0.2) is 12.1 Å². The number of hydrogen-bond donors (Lipinski definition) is 1. The van der Waals surface area contributed by atoms with Crippen molar-refractivity contribution in [2.24, 2.45) is 5.92 Å². The molecule has 1 N–H and O–H groups in total. The number of rotatable bonds is 2. The summed E-state index contributed by atoms with van der Waals surface area (Å²) in [7, 11) is 0. The fourth-order valence-electron chi connectivity index (χ4n) is 2.21. The molecular weight excluding hydrogens is 416 g/mol. The lowest BCUT2D eigenvalue weighted by molar-refractivity contribution is -0.143. The number of likely N-dealkylation sites (tertiary alicyclic amines) is 1. The summed E-state index contributed by atoms with van der Waals surface area (Å²) in [5, 5.41) is 9.82. The number of halogens is 3. The van der Waals surface area contributed by atoms with Crippen molar-refractivity contribution < 1.29 is 14.7 Å². The van der Waals surface area contributed by atoms with Gasteiger partial charge >= 0.3 is 5.97 Å². The van der Waals surface area contributed by atoms with E-state index < -0.39 is 5.97 Å². The van der Waals surface area contributed by atoms with Gasteiger partial charge in [-0.1, -0.05) is 23.2 Å². The van der Waals surface area contributed by atoms with Gasteiger partial charge in [0, 0.05) is 21.7 Å². The molecule has 0 radical (unpaired) electrons. The van der Waals surface area contributed by atoms with Crippen LogP contribution < -0.4 is 0 Å². The van der Waals surface area contributed by atoms with Gasteiger partial charge in [-0.2, -0.15) is 0 Å². The second kappa shape index (κ2) is 6.49. The van der Waals surface area contributed by atoms with E-state index >= 15 is 0 Å². The number of piperidine rings is 1. The Morgan fingerprint density at radius 3 is 2.40 bits per heavy atom. The average Bonchev–Trinajstić information content (AvgIpc) is 2.42. The summed E-state index contributed by atoms with van der Waals surface area (Å²) in [6.45, 7) is 0.881. The van der Waals surface area contributed by atoms with Gasteiger partial charge in [0.05, 0.1) is 16.5 Å². The third kappa shape index (κ3) is 3.38. The zero-order valence-corrected chi connectivity index (χ0v) is 14.1. The maximum Gasteiger partial charge on any atom is 0.306 e. The molecule has 1 aliphatic heterocycles. The van der Waals surface area contributed by atoms with Crippen LogP contribution in [-0.4, -0.2) is 35.0 Å². The van der Waals surface area contributed by atoms with Gasteiger partial charge in [0.2, 0.25) is 0 Å². The molecule has 0 bridgehead atoms. The molecule has 1 fully saturated rings. The Bertz CT molecular complexity index is 557. The summed E-state index contributed by atoms with van der Waals surface area (Å²) >= 11 is 14.0. The third-order valence-electron chi connectivity index (χ3n) is 3.35. The monoisotopic (exact) mass is 427 g/mol. The Balaban J connectivity index is 2.15. The lowest BCUT2D eigenvalue weighted by Crippen LogP contribution is -2.40. The highest BCUT2D eigenvalue weighted by Gasteiger charge is 2.28. The second-order valence-electron chi connectivity index (χ2n) is 4.65. The van der Waals surface area contributed by atoms with Crippen LogP contribution in [0.25, 0.3) is 0 Å². The van der Waals surface area contributed by atoms with E-state index in [2.05, 4.69) is 0 Å². The third-order valence-corrected chi connectivity index (χ3v) is 5.35. The molecule has 0 spiro atoms. The zero-order chi connectivity index (χ0) is 14.9. The van der Waals surface area contributed by atoms with E-state index in [1.165, 1.54) is 0 Å². The highest BCUT2D eigenvalue weighted by Crippen LogP contribution is 2.29. The van der Waals surface area contributed by atoms with Crippen LogP contribution >= 0.6 is 45.8 Å². The van der Waals surface area contributed by atoms with E-state index in [9.17, 15) is 9.59 Å². The topological polar surface area (TPSA) is 57.6 Å². The fourth-order valence-corrected chi connectivity index (χ4v) is 3.25. The van der Waals surface area contributed by atoms with Crippen LogP contribution in [0.2, 0.25) is 10.0 Å². The van der Waals surface area contributed by atoms with Gasteiger partial charge in [0.25, 0.3) is 5.91 Å². The molecule has 1 amide bonds. The van der Waals surface area contributed by atoms with Crippen LogP contribution in [0.4, 0.5) is 0 Å². The first-order chi connectivity index (χ1) is 9.40. The van der Waals surface area contributed by atoms with Crippen molar-refractivity contribution in [2.45, 2.75) is 12.8 Å². The number of carboxylic acids is 1. The highest BCUT2D eigenvalue weighted by atomic mass is 127. The van der Waals surface area contributed by atoms with Crippen molar-refractivity contribution in [3.05, 3.63) is 31.3 Å². The molecular formula is C13H12Cl2INO3. The van der Waals surface area contributed by atoms with Crippen LogP contribution in [-0.2, 0) is 4.79 Å².